The number of hydrogen-bond donors (Lipinski definition) is 1. The van der Waals surface area contributed by atoms with Crippen LogP contribution in [0.5, 0.6) is 5.75 Å². The van der Waals surface area contributed by atoms with E-state index in [4.69, 9.17) is 14.2 Å². The van der Waals surface area contributed by atoms with Crippen molar-refractivity contribution in [3.63, 3.8) is 0 Å². The Balaban J connectivity index is 2.15. The molecule has 1 N–H and O–H groups in total. The van der Waals surface area contributed by atoms with Crippen LogP contribution < -0.4 is 10.1 Å². The molecule has 1 aromatic rings. The number of morpholine rings is 1. The van der Waals surface area contributed by atoms with Crippen LogP contribution in [0, 0.1) is 0 Å². The highest BCUT2D eigenvalue weighted by atomic mass is 32.2. The molecule has 146 valence electrons. The molecule has 9 heteroatoms. The third-order valence-electron chi connectivity index (χ3n) is 3.97. The average molecular weight is 386 g/mol. The van der Waals surface area contributed by atoms with Gasteiger partial charge in [-0.3, -0.25) is 4.79 Å². The Morgan fingerprint density at radius 1 is 1.31 bits per heavy atom. The lowest BCUT2D eigenvalue weighted by Crippen LogP contribution is -2.40. The normalized spacial score (nSPS) is 15.6. The van der Waals surface area contributed by atoms with E-state index >= 15 is 0 Å². The molecular weight excluding hydrogens is 360 g/mol. The predicted molar refractivity (Wildman–Crippen MR) is 96.0 cm³/mol. The SMILES string of the molecule is CCOCCCNC(=O)c1ccc(OC)c(S(=O)(=O)N2CCOCC2)c1. The fourth-order valence-corrected chi connectivity index (χ4v) is 4.16. The van der Waals surface area contributed by atoms with Gasteiger partial charge in [-0.1, -0.05) is 0 Å². The van der Waals surface area contributed by atoms with Crippen LogP contribution in [0.3, 0.4) is 0 Å². The second kappa shape index (κ2) is 9.86. The Labute approximate surface area is 154 Å². The summed E-state index contributed by atoms with van der Waals surface area (Å²) in [6, 6.07) is 4.42. The lowest BCUT2D eigenvalue weighted by molar-refractivity contribution is 0.0729. The minimum Gasteiger partial charge on any atom is -0.495 e. The van der Waals surface area contributed by atoms with Crippen molar-refractivity contribution in [3.8, 4) is 5.75 Å². The number of sulfonamides is 1. The number of rotatable bonds is 9. The fourth-order valence-electron chi connectivity index (χ4n) is 2.57. The minimum absolute atomic E-state index is 0.0103. The van der Waals surface area contributed by atoms with Crippen molar-refractivity contribution < 1.29 is 27.4 Å². The van der Waals surface area contributed by atoms with E-state index in [0.29, 0.717) is 39.4 Å². The number of methoxy groups -OCH3 is 1. The number of nitrogens with one attached hydrogen (secondary N) is 1. The highest BCUT2D eigenvalue weighted by Gasteiger charge is 2.30. The summed E-state index contributed by atoms with van der Waals surface area (Å²) in [4.78, 5) is 12.3. The average Bonchev–Trinajstić information content (AvgIpc) is 2.67. The van der Waals surface area contributed by atoms with Crippen LogP contribution in [0.1, 0.15) is 23.7 Å². The molecule has 1 aliphatic rings. The summed E-state index contributed by atoms with van der Waals surface area (Å²) in [5.41, 5.74) is 0.272. The third-order valence-corrected chi connectivity index (χ3v) is 5.89. The van der Waals surface area contributed by atoms with Crippen molar-refractivity contribution in [3.05, 3.63) is 23.8 Å². The van der Waals surface area contributed by atoms with Gasteiger partial charge in [-0.25, -0.2) is 8.42 Å². The van der Waals surface area contributed by atoms with E-state index in [1.807, 2.05) is 6.92 Å². The molecule has 0 saturated carbocycles. The quantitative estimate of drug-likeness (QED) is 0.633. The minimum atomic E-state index is -3.76. The lowest BCUT2D eigenvalue weighted by Gasteiger charge is -2.26. The summed E-state index contributed by atoms with van der Waals surface area (Å²) in [7, 11) is -2.36. The lowest BCUT2D eigenvalue weighted by atomic mass is 10.2. The Bertz CT molecular complexity index is 701. The molecule has 0 bridgehead atoms. The maximum absolute atomic E-state index is 12.9. The molecular formula is C17H26N2O6S. The zero-order chi connectivity index (χ0) is 19.0. The smallest absolute Gasteiger partial charge is 0.251 e. The first-order valence-corrected chi connectivity index (χ1v) is 10.1. The summed E-state index contributed by atoms with van der Waals surface area (Å²) < 4.78 is 42.8. The monoisotopic (exact) mass is 386 g/mol. The summed E-state index contributed by atoms with van der Waals surface area (Å²) >= 11 is 0. The second-order valence-electron chi connectivity index (χ2n) is 5.69. The molecule has 1 heterocycles. The van der Waals surface area contributed by atoms with Crippen molar-refractivity contribution in [2.75, 3.05) is 53.2 Å². The van der Waals surface area contributed by atoms with Crippen LogP contribution in [0.25, 0.3) is 0 Å². The van der Waals surface area contributed by atoms with Gasteiger partial charge in [0, 0.05) is 38.4 Å². The molecule has 2 rings (SSSR count). The highest BCUT2D eigenvalue weighted by Crippen LogP contribution is 2.28. The second-order valence-corrected chi connectivity index (χ2v) is 7.59. The Morgan fingerprint density at radius 2 is 2.04 bits per heavy atom. The van der Waals surface area contributed by atoms with Gasteiger partial charge in [-0.15, -0.1) is 0 Å². The predicted octanol–water partition coefficient (Wildman–Crippen LogP) is 0.873. The number of ether oxygens (including phenoxy) is 3. The summed E-state index contributed by atoms with van der Waals surface area (Å²) in [6.07, 6.45) is 0.689. The van der Waals surface area contributed by atoms with Gasteiger partial charge in [0.1, 0.15) is 10.6 Å². The zero-order valence-corrected chi connectivity index (χ0v) is 16.0. The largest absolute Gasteiger partial charge is 0.495 e. The molecule has 1 fully saturated rings. The van der Waals surface area contributed by atoms with Gasteiger partial charge in [-0.2, -0.15) is 4.31 Å². The van der Waals surface area contributed by atoms with Crippen molar-refractivity contribution in [1.29, 1.82) is 0 Å². The van der Waals surface area contributed by atoms with Crippen LogP contribution in [-0.2, 0) is 19.5 Å². The standard InChI is InChI=1S/C17H26N2O6S/c1-3-24-10-4-7-18-17(20)14-5-6-15(23-2)16(13-14)26(21,22)19-8-11-25-12-9-19/h5-6,13H,3-4,7-12H2,1-2H3,(H,18,20). The first kappa shape index (κ1) is 20.6. The van der Waals surface area contributed by atoms with Crippen LogP contribution >= 0.6 is 0 Å². The van der Waals surface area contributed by atoms with E-state index in [9.17, 15) is 13.2 Å². The molecule has 0 radical (unpaired) electrons. The van der Waals surface area contributed by atoms with E-state index < -0.39 is 10.0 Å². The van der Waals surface area contributed by atoms with Crippen LogP contribution in [0.4, 0.5) is 0 Å². The van der Waals surface area contributed by atoms with Crippen LogP contribution in [-0.4, -0.2) is 71.8 Å². The summed E-state index contributed by atoms with van der Waals surface area (Å²) in [6.45, 7) is 4.82. The van der Waals surface area contributed by atoms with Gasteiger partial charge in [0.2, 0.25) is 10.0 Å². The molecule has 1 aromatic carbocycles. The number of carbonyl (C=O) groups excluding carboxylic acids is 1. The molecule has 0 aromatic heterocycles. The molecule has 8 nitrogen and oxygen atoms in total. The number of benzene rings is 1. The van der Waals surface area contributed by atoms with E-state index in [-0.39, 0.29) is 35.2 Å². The molecule has 0 aliphatic carbocycles. The summed E-state index contributed by atoms with van der Waals surface area (Å²) in [5, 5.41) is 2.77. The van der Waals surface area contributed by atoms with Crippen LogP contribution in [0.15, 0.2) is 23.1 Å². The number of nitrogens with zero attached hydrogens (tertiary/aromatic N) is 1. The number of carbonyl (C=O) groups is 1. The third kappa shape index (κ3) is 5.16. The Morgan fingerprint density at radius 3 is 2.69 bits per heavy atom. The van der Waals surface area contributed by atoms with Gasteiger partial charge < -0.3 is 19.5 Å². The number of amides is 1. The highest BCUT2D eigenvalue weighted by molar-refractivity contribution is 7.89. The molecule has 0 atom stereocenters. The maximum atomic E-state index is 12.9. The first-order valence-electron chi connectivity index (χ1n) is 8.62. The number of hydrogen-bond acceptors (Lipinski definition) is 6. The van der Waals surface area contributed by atoms with Crippen molar-refractivity contribution in [2.45, 2.75) is 18.2 Å². The maximum Gasteiger partial charge on any atom is 0.251 e. The van der Waals surface area contributed by atoms with Crippen molar-refractivity contribution in [2.24, 2.45) is 0 Å². The molecule has 0 unspecified atom stereocenters. The van der Waals surface area contributed by atoms with Gasteiger partial charge in [0.05, 0.1) is 20.3 Å². The molecule has 26 heavy (non-hydrogen) atoms. The van der Waals surface area contributed by atoms with Gasteiger partial charge in [0.25, 0.3) is 5.91 Å². The van der Waals surface area contributed by atoms with Gasteiger partial charge >= 0.3 is 0 Å². The van der Waals surface area contributed by atoms with Gasteiger partial charge in [0.15, 0.2) is 0 Å². The fraction of sp³-hybridized carbons (Fsp3) is 0.588. The first-order chi connectivity index (χ1) is 12.5. The molecule has 1 amide bonds. The van der Waals surface area contributed by atoms with Crippen molar-refractivity contribution in [1.82, 2.24) is 9.62 Å². The van der Waals surface area contributed by atoms with E-state index in [2.05, 4.69) is 5.32 Å². The zero-order valence-electron chi connectivity index (χ0n) is 15.2. The Hall–Kier alpha value is -1.68. The van der Waals surface area contributed by atoms with E-state index in [1.165, 1.54) is 23.5 Å². The van der Waals surface area contributed by atoms with Gasteiger partial charge in [-0.05, 0) is 31.5 Å². The molecule has 0 spiro atoms. The van der Waals surface area contributed by atoms with Crippen molar-refractivity contribution >= 4 is 15.9 Å². The Kier molecular flexibility index (Phi) is 7.83. The molecule has 1 saturated heterocycles. The van der Waals surface area contributed by atoms with E-state index in [1.54, 1.807) is 6.07 Å². The van der Waals surface area contributed by atoms with Crippen LogP contribution in [0.2, 0.25) is 0 Å². The molecule has 1 aliphatic heterocycles. The van der Waals surface area contributed by atoms with E-state index in [0.717, 1.165) is 0 Å². The topological polar surface area (TPSA) is 94.2 Å². The summed E-state index contributed by atoms with van der Waals surface area (Å²) in [5.74, 6) is -0.119.